The van der Waals surface area contributed by atoms with E-state index in [1.54, 1.807) is 0 Å². The molecule has 0 unspecified atom stereocenters. The van der Waals surface area contributed by atoms with Gasteiger partial charge in [0.05, 0.1) is 33.3 Å². The summed E-state index contributed by atoms with van der Waals surface area (Å²) in [6, 6.07) is 79.1. The van der Waals surface area contributed by atoms with Crippen LogP contribution in [0, 0.1) is 0 Å². The van der Waals surface area contributed by atoms with Gasteiger partial charge in [0.2, 0.25) is 0 Å². The van der Waals surface area contributed by atoms with Crippen LogP contribution >= 0.6 is 0 Å². The van der Waals surface area contributed by atoms with Crippen molar-refractivity contribution < 1.29 is 4.42 Å². The highest BCUT2D eigenvalue weighted by molar-refractivity contribution is 6.16. The molecule has 0 spiro atoms. The Hall–Kier alpha value is -9.13. The fraction of sp³-hybridized carbons (Fsp3) is 0. The van der Waals surface area contributed by atoms with Gasteiger partial charge in [0.1, 0.15) is 11.2 Å². The Morgan fingerprint density at radius 2 is 0.851 bits per heavy atom. The number of hydrogen-bond acceptors (Lipinski definition) is 4. The fourth-order valence-corrected chi connectivity index (χ4v) is 10.3. The molecule has 10 aromatic carbocycles. The summed E-state index contributed by atoms with van der Waals surface area (Å²) in [5.74, 6) is 1.65. The van der Waals surface area contributed by atoms with E-state index in [0.29, 0.717) is 23.1 Å². The van der Waals surface area contributed by atoms with Gasteiger partial charge in [-0.05, 0) is 94.7 Å². The van der Waals surface area contributed by atoms with Crippen molar-refractivity contribution in [2.24, 2.45) is 0 Å². The normalized spacial score (nSPS) is 11.9. The Balaban J connectivity index is 1.07. The summed E-state index contributed by atoms with van der Waals surface area (Å²) in [5.41, 5.74) is 12.8. The lowest BCUT2D eigenvalue weighted by atomic mass is 10.0. The van der Waals surface area contributed by atoms with Gasteiger partial charge in [0.25, 0.3) is 0 Å². The van der Waals surface area contributed by atoms with Crippen molar-refractivity contribution in [3.8, 4) is 56.7 Å². The first-order valence-corrected chi connectivity index (χ1v) is 22.6. The number of fused-ring (bicyclic) bond motifs is 10. The van der Waals surface area contributed by atoms with Gasteiger partial charge in [-0.25, -0.2) is 15.0 Å². The summed E-state index contributed by atoms with van der Waals surface area (Å²) in [6.45, 7) is 0. The summed E-state index contributed by atoms with van der Waals surface area (Å²) in [4.78, 5) is 16.3. The third-order valence-electron chi connectivity index (χ3n) is 13.4. The van der Waals surface area contributed by atoms with Crippen LogP contribution in [0.1, 0.15) is 0 Å². The molecule has 14 aromatic rings. The minimum atomic E-state index is 0.519. The van der Waals surface area contributed by atoms with E-state index in [0.717, 1.165) is 99.2 Å². The van der Waals surface area contributed by atoms with Crippen LogP contribution in [0.15, 0.2) is 229 Å². The molecule has 0 bridgehead atoms. The molecule has 0 N–H and O–H groups in total. The van der Waals surface area contributed by atoms with Gasteiger partial charge >= 0.3 is 0 Å². The summed E-state index contributed by atoms with van der Waals surface area (Å²) in [6.07, 6.45) is 0. The summed E-state index contributed by atoms with van der Waals surface area (Å²) < 4.78 is 11.7. The van der Waals surface area contributed by atoms with Gasteiger partial charge in [-0.15, -0.1) is 0 Å². The minimum absolute atomic E-state index is 0.519. The summed E-state index contributed by atoms with van der Waals surface area (Å²) >= 11 is 0. The lowest BCUT2D eigenvalue weighted by Gasteiger charge is -2.15. The molecule has 0 fully saturated rings. The molecular weight excluding hydrogens is 819 g/mol. The minimum Gasteiger partial charge on any atom is -0.455 e. The number of para-hydroxylation sites is 4. The predicted molar refractivity (Wildman–Crippen MR) is 275 cm³/mol. The van der Waals surface area contributed by atoms with Crippen LogP contribution < -0.4 is 0 Å². The molecule has 0 saturated heterocycles. The monoisotopic (exact) mass is 855 g/mol. The van der Waals surface area contributed by atoms with Crippen molar-refractivity contribution in [1.29, 1.82) is 0 Å². The second-order valence-electron chi connectivity index (χ2n) is 17.2. The maximum Gasteiger partial charge on any atom is 0.170 e. The standard InChI is InChI=1S/C61H37N5O/c1-3-15-38(16-4-1)39-27-29-40(30-28-39)59-62-60(43-31-33-53-49(36-43)45-21-9-12-24-51(45)65(53)44-19-5-2-6-20-44)64-61(63-59)57-54(34-32-48-47-23-11-14-26-56(47)67-58(48)57)66-52-25-13-10-22-46(52)50-35-41-17-7-8-18-42(41)37-55(50)66/h1-37H. The number of benzene rings is 10. The Morgan fingerprint density at radius 3 is 1.61 bits per heavy atom. The molecule has 0 radical (unpaired) electrons. The van der Waals surface area contributed by atoms with Gasteiger partial charge < -0.3 is 13.6 Å². The molecule has 312 valence electrons. The van der Waals surface area contributed by atoms with Crippen molar-refractivity contribution in [3.63, 3.8) is 0 Å². The number of aromatic nitrogens is 5. The fourth-order valence-electron chi connectivity index (χ4n) is 10.3. The largest absolute Gasteiger partial charge is 0.455 e. The van der Waals surface area contributed by atoms with Crippen molar-refractivity contribution in [3.05, 3.63) is 224 Å². The maximum absolute atomic E-state index is 6.96. The van der Waals surface area contributed by atoms with Crippen molar-refractivity contribution in [1.82, 2.24) is 24.1 Å². The van der Waals surface area contributed by atoms with Gasteiger partial charge in [0.15, 0.2) is 17.5 Å². The zero-order valence-electron chi connectivity index (χ0n) is 36.0. The molecule has 0 aliphatic heterocycles. The number of rotatable bonds is 6. The van der Waals surface area contributed by atoms with E-state index in [9.17, 15) is 0 Å². The molecule has 6 heteroatoms. The smallest absolute Gasteiger partial charge is 0.170 e. The van der Waals surface area contributed by atoms with Crippen molar-refractivity contribution >= 4 is 76.3 Å². The van der Waals surface area contributed by atoms with Gasteiger partial charge in [0, 0.05) is 49.1 Å². The number of furan rings is 1. The average Bonchev–Trinajstić information content (AvgIpc) is 4.05. The van der Waals surface area contributed by atoms with Crippen LogP contribution in [-0.4, -0.2) is 24.1 Å². The van der Waals surface area contributed by atoms with E-state index in [1.807, 2.05) is 18.2 Å². The highest BCUT2D eigenvalue weighted by Gasteiger charge is 2.25. The first-order chi connectivity index (χ1) is 33.2. The Bertz CT molecular complexity index is 4260. The first-order valence-electron chi connectivity index (χ1n) is 22.6. The van der Waals surface area contributed by atoms with E-state index < -0.39 is 0 Å². The molecule has 0 atom stereocenters. The molecule has 0 amide bonds. The SMILES string of the molecule is c1ccc(-c2ccc(-c3nc(-c4ccc5c(c4)c4ccccc4n5-c4ccccc4)nc(-c4c(-n5c6ccccc6c6cc7ccccc7cc65)ccc5c4oc4ccccc45)n3)cc2)cc1. The van der Waals surface area contributed by atoms with E-state index in [4.69, 9.17) is 19.4 Å². The highest BCUT2D eigenvalue weighted by Crippen LogP contribution is 2.44. The van der Waals surface area contributed by atoms with E-state index in [1.165, 1.54) is 10.8 Å². The Kier molecular flexibility index (Phi) is 8.18. The summed E-state index contributed by atoms with van der Waals surface area (Å²) in [5, 5.41) is 8.99. The molecule has 4 aromatic heterocycles. The third-order valence-corrected chi connectivity index (χ3v) is 13.4. The lowest BCUT2D eigenvalue weighted by Crippen LogP contribution is -2.04. The van der Waals surface area contributed by atoms with Gasteiger partial charge in [-0.2, -0.15) is 0 Å². The molecule has 67 heavy (non-hydrogen) atoms. The van der Waals surface area contributed by atoms with Gasteiger partial charge in [-0.1, -0.05) is 152 Å². The quantitative estimate of drug-likeness (QED) is 0.167. The van der Waals surface area contributed by atoms with Crippen LogP contribution in [0.25, 0.3) is 133 Å². The Morgan fingerprint density at radius 1 is 0.313 bits per heavy atom. The number of nitrogens with zero attached hydrogens (tertiary/aromatic N) is 5. The molecule has 6 nitrogen and oxygen atoms in total. The van der Waals surface area contributed by atoms with Crippen LogP contribution in [0.5, 0.6) is 0 Å². The zero-order valence-corrected chi connectivity index (χ0v) is 36.0. The Labute approximate surface area is 384 Å². The predicted octanol–water partition coefficient (Wildman–Crippen LogP) is 15.8. The average molecular weight is 856 g/mol. The molecule has 0 aliphatic carbocycles. The van der Waals surface area contributed by atoms with Crippen molar-refractivity contribution in [2.45, 2.75) is 0 Å². The van der Waals surface area contributed by atoms with E-state index >= 15 is 0 Å². The second-order valence-corrected chi connectivity index (χ2v) is 17.2. The molecule has 0 saturated carbocycles. The first kappa shape index (κ1) is 37.3. The maximum atomic E-state index is 6.96. The lowest BCUT2D eigenvalue weighted by molar-refractivity contribution is 0.669. The van der Waals surface area contributed by atoms with Crippen molar-refractivity contribution in [2.75, 3.05) is 0 Å². The topological polar surface area (TPSA) is 61.7 Å². The van der Waals surface area contributed by atoms with E-state index in [-0.39, 0.29) is 0 Å². The van der Waals surface area contributed by atoms with Crippen LogP contribution in [0.2, 0.25) is 0 Å². The zero-order chi connectivity index (χ0) is 44.0. The van der Waals surface area contributed by atoms with Crippen LogP contribution in [0.3, 0.4) is 0 Å². The third kappa shape index (κ3) is 5.86. The highest BCUT2D eigenvalue weighted by atomic mass is 16.3. The second kappa shape index (κ2) is 14.7. The van der Waals surface area contributed by atoms with Crippen LogP contribution in [0.4, 0.5) is 0 Å². The molecule has 14 rings (SSSR count). The molecule has 0 aliphatic rings. The van der Waals surface area contributed by atoms with Gasteiger partial charge in [-0.3, -0.25) is 0 Å². The molecular formula is C61H37N5O. The summed E-state index contributed by atoms with van der Waals surface area (Å²) in [7, 11) is 0. The molecule has 4 heterocycles. The van der Waals surface area contributed by atoms with E-state index in [2.05, 4.69) is 215 Å². The van der Waals surface area contributed by atoms with Crippen LogP contribution in [-0.2, 0) is 0 Å². The number of hydrogen-bond donors (Lipinski definition) is 0.